The summed E-state index contributed by atoms with van der Waals surface area (Å²) in [7, 11) is 0. The van der Waals surface area contributed by atoms with E-state index in [1.54, 1.807) is 0 Å². The normalized spacial score (nSPS) is 20.0. The third-order valence-corrected chi connectivity index (χ3v) is 4.51. The fraction of sp³-hybridized carbons (Fsp3) is 0.625. The Kier molecular flexibility index (Phi) is 4.08. The van der Waals surface area contributed by atoms with Crippen LogP contribution in [0, 0.1) is 5.92 Å². The number of nitrogens with two attached hydrogens (primary N) is 1. The molecule has 2 heteroatoms. The highest BCUT2D eigenvalue weighted by atomic mass is 16.3. The molecule has 3 N–H and O–H groups in total. The van der Waals surface area contributed by atoms with Gasteiger partial charge in [-0.2, -0.15) is 0 Å². The second-order valence-corrected chi connectivity index (χ2v) is 5.68. The van der Waals surface area contributed by atoms with E-state index in [2.05, 4.69) is 25.1 Å². The topological polar surface area (TPSA) is 46.2 Å². The van der Waals surface area contributed by atoms with Crippen molar-refractivity contribution in [3.8, 4) is 0 Å². The van der Waals surface area contributed by atoms with Crippen molar-refractivity contribution in [3.05, 3.63) is 34.9 Å². The molecule has 0 fully saturated rings. The Hall–Kier alpha value is -0.860. The number of fused-ring (bicyclic) bond motifs is 1. The molecule has 1 aliphatic carbocycles. The van der Waals surface area contributed by atoms with Crippen molar-refractivity contribution in [3.63, 3.8) is 0 Å². The van der Waals surface area contributed by atoms with Gasteiger partial charge in [-0.05, 0) is 62.3 Å². The average molecular weight is 247 g/mol. The lowest BCUT2D eigenvalue weighted by atomic mass is 9.79. The molecule has 0 aromatic heterocycles. The number of benzene rings is 1. The van der Waals surface area contributed by atoms with Gasteiger partial charge in [0.25, 0.3) is 0 Å². The van der Waals surface area contributed by atoms with Gasteiger partial charge in [-0.3, -0.25) is 0 Å². The van der Waals surface area contributed by atoms with Crippen LogP contribution in [0.15, 0.2) is 18.2 Å². The first-order chi connectivity index (χ1) is 8.59. The monoisotopic (exact) mass is 247 g/mol. The quantitative estimate of drug-likeness (QED) is 0.859. The van der Waals surface area contributed by atoms with Gasteiger partial charge < -0.3 is 10.8 Å². The molecular weight excluding hydrogens is 222 g/mol. The van der Waals surface area contributed by atoms with Gasteiger partial charge in [-0.15, -0.1) is 0 Å². The highest BCUT2D eigenvalue weighted by Crippen LogP contribution is 2.33. The second kappa shape index (κ2) is 5.41. The van der Waals surface area contributed by atoms with Gasteiger partial charge in [0, 0.05) is 5.92 Å². The Bertz CT molecular complexity index is 408. The van der Waals surface area contributed by atoms with E-state index in [1.165, 1.54) is 30.4 Å². The van der Waals surface area contributed by atoms with Crippen LogP contribution in [0.2, 0.25) is 0 Å². The minimum atomic E-state index is -0.810. The number of aryl methyl sites for hydroxylation is 2. The summed E-state index contributed by atoms with van der Waals surface area (Å²) in [5.74, 6) is 0.124. The summed E-state index contributed by atoms with van der Waals surface area (Å²) < 4.78 is 0. The summed E-state index contributed by atoms with van der Waals surface area (Å²) in [6.07, 6.45) is 5.81. The molecule has 2 nitrogen and oxygen atoms in total. The van der Waals surface area contributed by atoms with E-state index in [1.807, 2.05) is 6.92 Å². The van der Waals surface area contributed by atoms with Crippen LogP contribution in [-0.4, -0.2) is 11.7 Å². The van der Waals surface area contributed by atoms with Crippen molar-refractivity contribution in [2.75, 3.05) is 6.54 Å². The maximum atomic E-state index is 10.8. The third kappa shape index (κ3) is 2.45. The van der Waals surface area contributed by atoms with Crippen LogP contribution in [0.25, 0.3) is 0 Å². The molecule has 2 atom stereocenters. The zero-order valence-electron chi connectivity index (χ0n) is 11.6. The lowest BCUT2D eigenvalue weighted by Crippen LogP contribution is -2.36. The maximum Gasteiger partial charge on any atom is 0.0908 e. The molecule has 0 radical (unpaired) electrons. The van der Waals surface area contributed by atoms with Gasteiger partial charge in [0.2, 0.25) is 0 Å². The molecule has 1 aromatic rings. The Morgan fingerprint density at radius 2 is 1.94 bits per heavy atom. The Morgan fingerprint density at radius 3 is 2.56 bits per heavy atom. The highest BCUT2D eigenvalue weighted by Gasteiger charge is 2.32. The lowest BCUT2D eigenvalue weighted by molar-refractivity contribution is -0.00411. The number of rotatable bonds is 4. The van der Waals surface area contributed by atoms with Crippen molar-refractivity contribution in [2.24, 2.45) is 11.7 Å². The van der Waals surface area contributed by atoms with Crippen LogP contribution in [0.4, 0.5) is 0 Å². The predicted molar refractivity (Wildman–Crippen MR) is 75.5 cm³/mol. The van der Waals surface area contributed by atoms with Crippen molar-refractivity contribution >= 4 is 0 Å². The SMILES string of the molecule is CCC(CN)C(C)(O)c1ccc2c(c1)CCCC2. The molecular formula is C16H25NO. The molecule has 100 valence electrons. The molecule has 0 spiro atoms. The van der Waals surface area contributed by atoms with Crippen molar-refractivity contribution in [1.82, 2.24) is 0 Å². The van der Waals surface area contributed by atoms with Crippen molar-refractivity contribution in [2.45, 2.75) is 51.6 Å². The van der Waals surface area contributed by atoms with Gasteiger partial charge in [0.15, 0.2) is 0 Å². The summed E-state index contributed by atoms with van der Waals surface area (Å²) in [6, 6.07) is 6.48. The second-order valence-electron chi connectivity index (χ2n) is 5.68. The van der Waals surface area contributed by atoms with E-state index in [4.69, 9.17) is 5.73 Å². The van der Waals surface area contributed by atoms with Gasteiger partial charge in [-0.1, -0.05) is 25.1 Å². The van der Waals surface area contributed by atoms with Crippen LogP contribution in [0.5, 0.6) is 0 Å². The third-order valence-electron chi connectivity index (χ3n) is 4.51. The minimum absolute atomic E-state index is 0.124. The van der Waals surface area contributed by atoms with Gasteiger partial charge in [0.1, 0.15) is 0 Å². The van der Waals surface area contributed by atoms with Crippen LogP contribution in [-0.2, 0) is 18.4 Å². The summed E-state index contributed by atoms with van der Waals surface area (Å²) in [6.45, 7) is 4.52. The zero-order valence-corrected chi connectivity index (χ0v) is 11.6. The first kappa shape index (κ1) is 13.6. The number of aliphatic hydroxyl groups is 1. The molecule has 0 bridgehead atoms. The first-order valence-electron chi connectivity index (χ1n) is 7.14. The minimum Gasteiger partial charge on any atom is -0.385 e. The van der Waals surface area contributed by atoms with E-state index in [0.717, 1.165) is 18.4 Å². The van der Waals surface area contributed by atoms with E-state index in [0.29, 0.717) is 6.54 Å². The Labute approximate surface area is 110 Å². The number of hydrogen-bond acceptors (Lipinski definition) is 2. The maximum absolute atomic E-state index is 10.8. The Balaban J connectivity index is 2.32. The molecule has 1 aromatic carbocycles. The molecule has 0 saturated heterocycles. The lowest BCUT2D eigenvalue weighted by Gasteiger charge is -2.33. The van der Waals surface area contributed by atoms with Crippen LogP contribution >= 0.6 is 0 Å². The summed E-state index contributed by atoms with van der Waals surface area (Å²) in [4.78, 5) is 0. The molecule has 0 aliphatic heterocycles. The molecule has 18 heavy (non-hydrogen) atoms. The summed E-state index contributed by atoms with van der Waals surface area (Å²) in [5, 5.41) is 10.8. The molecule has 2 unspecified atom stereocenters. The summed E-state index contributed by atoms with van der Waals surface area (Å²) in [5.41, 5.74) is 8.89. The fourth-order valence-corrected chi connectivity index (χ4v) is 3.08. The zero-order chi connectivity index (χ0) is 13.2. The standard InChI is InChI=1S/C16H25NO/c1-3-14(11-17)16(2,18)15-9-8-12-6-4-5-7-13(12)10-15/h8-10,14,18H,3-7,11,17H2,1-2H3. The fourth-order valence-electron chi connectivity index (χ4n) is 3.08. The van der Waals surface area contributed by atoms with Crippen LogP contribution < -0.4 is 5.73 Å². The molecule has 0 amide bonds. The number of hydrogen-bond donors (Lipinski definition) is 2. The van der Waals surface area contributed by atoms with E-state index >= 15 is 0 Å². The average Bonchev–Trinajstić information content (AvgIpc) is 2.39. The molecule has 0 saturated carbocycles. The molecule has 2 rings (SSSR count). The predicted octanol–water partition coefficient (Wildman–Crippen LogP) is 2.76. The first-order valence-corrected chi connectivity index (χ1v) is 7.14. The van der Waals surface area contributed by atoms with E-state index in [-0.39, 0.29) is 5.92 Å². The van der Waals surface area contributed by atoms with Crippen LogP contribution in [0.3, 0.4) is 0 Å². The largest absolute Gasteiger partial charge is 0.385 e. The smallest absolute Gasteiger partial charge is 0.0908 e. The van der Waals surface area contributed by atoms with Crippen molar-refractivity contribution in [1.29, 1.82) is 0 Å². The van der Waals surface area contributed by atoms with Gasteiger partial charge in [-0.25, -0.2) is 0 Å². The Morgan fingerprint density at radius 1 is 1.28 bits per heavy atom. The highest BCUT2D eigenvalue weighted by molar-refractivity contribution is 5.36. The molecule has 0 heterocycles. The van der Waals surface area contributed by atoms with E-state index in [9.17, 15) is 5.11 Å². The van der Waals surface area contributed by atoms with Crippen LogP contribution in [0.1, 0.15) is 49.8 Å². The molecule has 1 aliphatic rings. The summed E-state index contributed by atoms with van der Waals surface area (Å²) >= 11 is 0. The van der Waals surface area contributed by atoms with Gasteiger partial charge >= 0.3 is 0 Å². The van der Waals surface area contributed by atoms with E-state index < -0.39 is 5.60 Å². The van der Waals surface area contributed by atoms with Gasteiger partial charge in [0.05, 0.1) is 5.60 Å². The van der Waals surface area contributed by atoms with Crippen molar-refractivity contribution < 1.29 is 5.11 Å².